The van der Waals surface area contributed by atoms with E-state index >= 15 is 0 Å². The molecule has 1 aliphatic rings. The molecule has 0 saturated carbocycles. The van der Waals surface area contributed by atoms with Gasteiger partial charge < -0.3 is 5.32 Å². The number of hydrogen-bond acceptors (Lipinski definition) is 3. The van der Waals surface area contributed by atoms with E-state index in [4.69, 9.17) is 5.10 Å². The molecular formula is C21H21N3OS. The lowest BCUT2D eigenvalue weighted by molar-refractivity contribution is -0.113. The van der Waals surface area contributed by atoms with E-state index in [9.17, 15) is 4.79 Å². The summed E-state index contributed by atoms with van der Waals surface area (Å²) in [5.74, 6) is 1.23. The Labute approximate surface area is 157 Å². The zero-order chi connectivity index (χ0) is 18.3. The van der Waals surface area contributed by atoms with Gasteiger partial charge in [-0.2, -0.15) is 5.10 Å². The van der Waals surface area contributed by atoms with Gasteiger partial charge in [0, 0.05) is 5.56 Å². The maximum absolute atomic E-state index is 12.4. The second-order valence-corrected chi connectivity index (χ2v) is 7.84. The predicted molar refractivity (Wildman–Crippen MR) is 107 cm³/mol. The van der Waals surface area contributed by atoms with Crippen LogP contribution in [0.2, 0.25) is 0 Å². The van der Waals surface area contributed by atoms with Crippen molar-refractivity contribution in [3.63, 3.8) is 0 Å². The van der Waals surface area contributed by atoms with Gasteiger partial charge in [-0.3, -0.25) is 4.79 Å². The van der Waals surface area contributed by atoms with Crippen molar-refractivity contribution in [2.24, 2.45) is 0 Å². The number of amides is 1. The van der Waals surface area contributed by atoms with Crippen molar-refractivity contribution in [1.82, 2.24) is 9.78 Å². The fourth-order valence-electron chi connectivity index (χ4n) is 3.26. The minimum Gasteiger partial charge on any atom is -0.310 e. The minimum atomic E-state index is 0.0131. The molecule has 1 atom stereocenters. The van der Waals surface area contributed by atoms with Crippen molar-refractivity contribution >= 4 is 23.5 Å². The number of hydrogen-bond donors (Lipinski definition) is 1. The van der Waals surface area contributed by atoms with Crippen molar-refractivity contribution in [2.45, 2.75) is 26.0 Å². The molecule has 4 nitrogen and oxygen atoms in total. The molecule has 0 bridgehead atoms. The Morgan fingerprint density at radius 1 is 1.00 bits per heavy atom. The van der Waals surface area contributed by atoms with Gasteiger partial charge in [0.15, 0.2) is 0 Å². The molecule has 4 rings (SSSR count). The molecule has 1 amide bonds. The van der Waals surface area contributed by atoms with Crippen LogP contribution in [0, 0.1) is 20.8 Å². The molecule has 0 spiro atoms. The lowest BCUT2D eigenvalue weighted by Gasteiger charge is -2.15. The first-order valence-corrected chi connectivity index (χ1v) is 9.72. The highest BCUT2D eigenvalue weighted by Crippen LogP contribution is 2.43. The van der Waals surface area contributed by atoms with Gasteiger partial charge in [0.1, 0.15) is 5.82 Å². The fraction of sp³-hybridized carbons (Fsp3) is 0.238. The highest BCUT2D eigenvalue weighted by atomic mass is 32.2. The summed E-state index contributed by atoms with van der Waals surface area (Å²) >= 11 is 1.65. The maximum Gasteiger partial charge on any atom is 0.235 e. The van der Waals surface area contributed by atoms with Gasteiger partial charge in [-0.25, -0.2) is 4.68 Å². The van der Waals surface area contributed by atoms with E-state index in [1.54, 1.807) is 11.8 Å². The number of fused-ring (bicyclic) bond motifs is 1. The van der Waals surface area contributed by atoms with Crippen LogP contribution in [0.5, 0.6) is 0 Å². The van der Waals surface area contributed by atoms with Crippen LogP contribution >= 0.6 is 11.8 Å². The van der Waals surface area contributed by atoms with Crippen molar-refractivity contribution in [3.8, 4) is 5.69 Å². The quantitative estimate of drug-likeness (QED) is 0.725. The van der Waals surface area contributed by atoms with Crippen LogP contribution in [0.15, 0.2) is 48.5 Å². The van der Waals surface area contributed by atoms with E-state index in [0.717, 1.165) is 22.8 Å². The largest absolute Gasteiger partial charge is 0.310 e. The molecule has 1 aromatic heterocycles. The summed E-state index contributed by atoms with van der Waals surface area (Å²) in [6.07, 6.45) is 0. The Bertz CT molecular complexity index is 958. The predicted octanol–water partition coefficient (Wildman–Crippen LogP) is 4.57. The number of aryl methyl sites for hydroxylation is 3. The molecule has 26 heavy (non-hydrogen) atoms. The molecule has 0 saturated heterocycles. The van der Waals surface area contributed by atoms with Gasteiger partial charge in [-0.05, 0) is 38.5 Å². The first-order chi connectivity index (χ1) is 12.5. The third-order valence-electron chi connectivity index (χ3n) is 4.67. The van der Waals surface area contributed by atoms with Crippen molar-refractivity contribution < 1.29 is 4.79 Å². The first-order valence-electron chi connectivity index (χ1n) is 8.67. The number of rotatable bonds is 2. The van der Waals surface area contributed by atoms with E-state index in [1.807, 2.05) is 23.7 Å². The van der Waals surface area contributed by atoms with Gasteiger partial charge in [0.05, 0.1) is 22.4 Å². The number of aromatic nitrogens is 2. The van der Waals surface area contributed by atoms with Gasteiger partial charge in [-0.1, -0.05) is 47.5 Å². The zero-order valence-corrected chi connectivity index (χ0v) is 15.9. The molecule has 0 unspecified atom stereocenters. The topological polar surface area (TPSA) is 46.9 Å². The molecule has 2 heterocycles. The smallest absolute Gasteiger partial charge is 0.235 e. The van der Waals surface area contributed by atoms with Crippen LogP contribution in [-0.2, 0) is 4.79 Å². The van der Waals surface area contributed by atoms with Crippen LogP contribution < -0.4 is 5.32 Å². The molecule has 0 aliphatic carbocycles. The number of thioether (sulfide) groups is 1. The Hall–Kier alpha value is -2.53. The molecule has 2 aromatic carbocycles. The summed E-state index contributed by atoms with van der Waals surface area (Å²) in [5.41, 5.74) is 6.61. The van der Waals surface area contributed by atoms with Crippen molar-refractivity contribution in [1.29, 1.82) is 0 Å². The molecule has 0 fully saturated rings. The molecule has 132 valence electrons. The summed E-state index contributed by atoms with van der Waals surface area (Å²) in [6.45, 7) is 6.16. The summed E-state index contributed by atoms with van der Waals surface area (Å²) in [7, 11) is 0. The third kappa shape index (κ3) is 3.03. The normalized spacial score (nSPS) is 16.7. The number of carbonyl (C=O) groups excluding carboxylic acids is 1. The second kappa shape index (κ2) is 6.65. The van der Waals surface area contributed by atoms with Crippen LogP contribution in [0.1, 0.15) is 33.2 Å². The van der Waals surface area contributed by atoms with E-state index in [-0.39, 0.29) is 11.2 Å². The summed E-state index contributed by atoms with van der Waals surface area (Å²) in [4.78, 5) is 12.4. The number of benzene rings is 2. The first kappa shape index (κ1) is 16.9. The maximum atomic E-state index is 12.4. The highest BCUT2D eigenvalue weighted by molar-refractivity contribution is 8.00. The van der Waals surface area contributed by atoms with Gasteiger partial charge in [-0.15, -0.1) is 11.8 Å². The molecular weight excluding hydrogens is 342 g/mol. The van der Waals surface area contributed by atoms with E-state index in [0.29, 0.717) is 5.75 Å². The highest BCUT2D eigenvalue weighted by Gasteiger charge is 2.30. The third-order valence-corrected chi connectivity index (χ3v) is 5.94. The number of nitrogens with one attached hydrogen (secondary N) is 1. The Balaban J connectivity index is 1.87. The van der Waals surface area contributed by atoms with Crippen LogP contribution in [0.25, 0.3) is 5.69 Å². The van der Waals surface area contributed by atoms with Gasteiger partial charge >= 0.3 is 0 Å². The van der Waals surface area contributed by atoms with Crippen LogP contribution in [-0.4, -0.2) is 21.4 Å². The second-order valence-electron chi connectivity index (χ2n) is 6.74. The average Bonchev–Trinajstić information content (AvgIpc) is 2.83. The molecule has 3 aromatic rings. The van der Waals surface area contributed by atoms with Crippen LogP contribution in [0.4, 0.5) is 5.82 Å². The lowest BCUT2D eigenvalue weighted by atomic mass is 10.0. The van der Waals surface area contributed by atoms with Crippen LogP contribution in [0.3, 0.4) is 0 Å². The molecule has 1 N–H and O–H groups in total. The number of carbonyl (C=O) groups is 1. The fourth-order valence-corrected chi connectivity index (χ4v) is 4.45. The standard InChI is InChI=1S/C21H21N3OS/c1-13-4-8-16(9-5-13)20-19-15(3)23-24(17-10-6-14(2)7-11-17)21(19)22-18(25)12-26-20/h4-11,20H,12H2,1-3H3,(H,22,25)/t20-/m1/s1. The van der Waals surface area contributed by atoms with Crippen molar-refractivity contribution in [3.05, 3.63) is 76.5 Å². The summed E-state index contributed by atoms with van der Waals surface area (Å²) < 4.78 is 1.86. The summed E-state index contributed by atoms with van der Waals surface area (Å²) in [5, 5.41) is 7.91. The average molecular weight is 363 g/mol. The van der Waals surface area contributed by atoms with Gasteiger partial charge in [0.2, 0.25) is 5.91 Å². The number of nitrogens with zero attached hydrogens (tertiary/aromatic N) is 2. The molecule has 0 radical (unpaired) electrons. The van der Waals surface area contributed by atoms with E-state index < -0.39 is 0 Å². The monoisotopic (exact) mass is 363 g/mol. The molecule has 5 heteroatoms. The Kier molecular flexibility index (Phi) is 4.32. The minimum absolute atomic E-state index is 0.0131. The molecule has 1 aliphatic heterocycles. The van der Waals surface area contributed by atoms with E-state index in [2.05, 4.69) is 55.6 Å². The Morgan fingerprint density at radius 2 is 1.62 bits per heavy atom. The summed E-state index contributed by atoms with van der Waals surface area (Å²) in [6, 6.07) is 16.7. The zero-order valence-electron chi connectivity index (χ0n) is 15.1. The van der Waals surface area contributed by atoms with Gasteiger partial charge in [0.25, 0.3) is 0 Å². The van der Waals surface area contributed by atoms with E-state index in [1.165, 1.54) is 16.7 Å². The Morgan fingerprint density at radius 3 is 2.27 bits per heavy atom. The number of anilines is 1. The lowest BCUT2D eigenvalue weighted by Crippen LogP contribution is -2.15. The van der Waals surface area contributed by atoms with Crippen molar-refractivity contribution in [2.75, 3.05) is 11.1 Å². The SMILES string of the molecule is Cc1ccc([C@H]2SCC(=O)Nc3c2c(C)nn3-c2ccc(C)cc2)cc1.